The zero-order valence-electron chi connectivity index (χ0n) is 14.5. The number of furan rings is 1. The fourth-order valence-electron chi connectivity index (χ4n) is 3.44. The van der Waals surface area contributed by atoms with Gasteiger partial charge in [0.15, 0.2) is 29.3 Å². The summed E-state index contributed by atoms with van der Waals surface area (Å²) in [4.78, 5) is 13.0. The van der Waals surface area contributed by atoms with Crippen LogP contribution in [-0.4, -0.2) is 59.8 Å². The number of aliphatic hydroxyl groups excluding tert-OH is 3. The first kappa shape index (κ1) is 17.1. The maximum atomic E-state index is 10.3. The first-order valence-corrected chi connectivity index (χ1v) is 8.68. The van der Waals surface area contributed by atoms with Crippen LogP contribution in [0.25, 0.3) is 33.7 Å². The summed E-state index contributed by atoms with van der Waals surface area (Å²) in [5.41, 5.74) is 7.39. The third-order valence-corrected chi connectivity index (χ3v) is 4.89. The standard InChI is InChI=1S/C18H17N5O5/c19-15-12-17(23(7-20-12)18-14(26)13(25)11(6-24)28-18)22-16(21-15)10-5-8-3-1-2-4-9(8)27-10/h1-5,7,11,13-14,18,24-26H,6H2,(H2,19,21,22). The fourth-order valence-corrected chi connectivity index (χ4v) is 3.44. The third-order valence-electron chi connectivity index (χ3n) is 4.89. The van der Waals surface area contributed by atoms with Crippen molar-refractivity contribution >= 4 is 28.0 Å². The van der Waals surface area contributed by atoms with Gasteiger partial charge in [-0.1, -0.05) is 18.2 Å². The predicted molar refractivity (Wildman–Crippen MR) is 98.0 cm³/mol. The molecule has 1 aliphatic heterocycles. The lowest BCUT2D eigenvalue weighted by Gasteiger charge is -2.16. The zero-order valence-corrected chi connectivity index (χ0v) is 14.5. The number of nitrogens with zero attached hydrogens (tertiary/aromatic N) is 4. The Morgan fingerprint density at radius 1 is 1.14 bits per heavy atom. The van der Waals surface area contributed by atoms with Crippen LogP contribution < -0.4 is 5.73 Å². The van der Waals surface area contributed by atoms with Crippen molar-refractivity contribution in [3.63, 3.8) is 0 Å². The summed E-state index contributed by atoms with van der Waals surface area (Å²) in [5, 5.41) is 30.5. The van der Waals surface area contributed by atoms with Crippen LogP contribution in [0.2, 0.25) is 0 Å². The molecule has 4 atom stereocenters. The van der Waals surface area contributed by atoms with Crippen molar-refractivity contribution in [2.45, 2.75) is 24.5 Å². The van der Waals surface area contributed by atoms with Gasteiger partial charge in [-0.3, -0.25) is 4.57 Å². The van der Waals surface area contributed by atoms with Crippen molar-refractivity contribution in [1.82, 2.24) is 19.5 Å². The third kappa shape index (κ3) is 2.47. The Hall–Kier alpha value is -3.05. The summed E-state index contributed by atoms with van der Waals surface area (Å²) < 4.78 is 12.8. The quantitative estimate of drug-likeness (QED) is 0.394. The minimum absolute atomic E-state index is 0.144. The smallest absolute Gasteiger partial charge is 0.199 e. The van der Waals surface area contributed by atoms with Crippen molar-refractivity contribution in [3.05, 3.63) is 36.7 Å². The second-order valence-corrected chi connectivity index (χ2v) is 6.63. The van der Waals surface area contributed by atoms with Gasteiger partial charge >= 0.3 is 0 Å². The van der Waals surface area contributed by atoms with Crippen LogP contribution in [0.5, 0.6) is 0 Å². The molecule has 0 radical (unpaired) electrons. The normalized spacial score (nSPS) is 25.1. The fraction of sp³-hybridized carbons (Fsp3) is 0.278. The van der Waals surface area contributed by atoms with E-state index < -0.39 is 31.1 Å². The number of ether oxygens (including phenoxy) is 1. The van der Waals surface area contributed by atoms with Crippen LogP contribution in [0.1, 0.15) is 6.23 Å². The van der Waals surface area contributed by atoms with E-state index in [9.17, 15) is 15.3 Å². The molecule has 1 saturated heterocycles. The van der Waals surface area contributed by atoms with Crippen molar-refractivity contribution in [2.75, 3.05) is 12.3 Å². The molecule has 0 bridgehead atoms. The molecule has 5 rings (SSSR count). The highest BCUT2D eigenvalue weighted by Gasteiger charge is 2.44. The molecule has 10 nitrogen and oxygen atoms in total. The lowest BCUT2D eigenvalue weighted by Crippen LogP contribution is -2.33. The van der Waals surface area contributed by atoms with E-state index in [4.69, 9.17) is 14.9 Å². The van der Waals surface area contributed by atoms with Crippen molar-refractivity contribution in [3.8, 4) is 11.6 Å². The zero-order chi connectivity index (χ0) is 19.4. The molecule has 1 aromatic carbocycles. The molecular weight excluding hydrogens is 366 g/mol. The van der Waals surface area contributed by atoms with Gasteiger partial charge in [0.05, 0.1) is 12.9 Å². The Labute approximate surface area is 157 Å². The van der Waals surface area contributed by atoms with Gasteiger partial charge in [0.2, 0.25) is 0 Å². The summed E-state index contributed by atoms with van der Waals surface area (Å²) in [6.07, 6.45) is -2.98. The monoisotopic (exact) mass is 383 g/mol. The lowest BCUT2D eigenvalue weighted by molar-refractivity contribution is -0.0511. The van der Waals surface area contributed by atoms with Crippen molar-refractivity contribution in [2.24, 2.45) is 0 Å². The number of para-hydroxylation sites is 1. The molecule has 0 saturated carbocycles. The minimum atomic E-state index is -1.26. The predicted octanol–water partition coefficient (Wildman–Crippen LogP) is 0.433. The molecule has 0 spiro atoms. The molecule has 3 aromatic heterocycles. The maximum Gasteiger partial charge on any atom is 0.199 e. The second kappa shape index (κ2) is 6.24. The van der Waals surface area contributed by atoms with Crippen LogP contribution in [0.3, 0.4) is 0 Å². The lowest BCUT2D eigenvalue weighted by atomic mass is 10.1. The van der Waals surface area contributed by atoms with E-state index in [1.54, 1.807) is 0 Å². The highest BCUT2D eigenvalue weighted by molar-refractivity contribution is 5.86. The summed E-state index contributed by atoms with van der Waals surface area (Å²) in [5.74, 6) is 0.837. The number of hydrogen-bond acceptors (Lipinski definition) is 9. The topological polar surface area (TPSA) is 153 Å². The van der Waals surface area contributed by atoms with E-state index in [0.717, 1.165) is 5.39 Å². The van der Waals surface area contributed by atoms with Gasteiger partial charge in [-0.2, -0.15) is 0 Å². The van der Waals surface area contributed by atoms with Crippen molar-refractivity contribution < 1.29 is 24.5 Å². The summed E-state index contributed by atoms with van der Waals surface area (Å²) >= 11 is 0. The van der Waals surface area contributed by atoms with Gasteiger partial charge in [-0.05, 0) is 12.1 Å². The molecule has 28 heavy (non-hydrogen) atoms. The number of fused-ring (bicyclic) bond motifs is 2. The van der Waals surface area contributed by atoms with Gasteiger partial charge in [-0.15, -0.1) is 0 Å². The van der Waals surface area contributed by atoms with E-state index in [1.165, 1.54) is 10.9 Å². The van der Waals surface area contributed by atoms with E-state index in [2.05, 4.69) is 15.0 Å². The van der Waals surface area contributed by atoms with E-state index in [0.29, 0.717) is 22.5 Å². The van der Waals surface area contributed by atoms with Crippen LogP contribution in [0.4, 0.5) is 5.82 Å². The van der Waals surface area contributed by atoms with E-state index >= 15 is 0 Å². The first-order chi connectivity index (χ1) is 13.6. The van der Waals surface area contributed by atoms with Crippen LogP contribution in [0, 0.1) is 0 Å². The Bertz CT molecular complexity index is 1140. The molecule has 10 heteroatoms. The van der Waals surface area contributed by atoms with Crippen LogP contribution >= 0.6 is 0 Å². The Morgan fingerprint density at radius 3 is 2.71 bits per heavy atom. The number of aromatic nitrogens is 4. The van der Waals surface area contributed by atoms with Gasteiger partial charge in [-0.25, -0.2) is 15.0 Å². The largest absolute Gasteiger partial charge is 0.453 e. The number of nitrogen functional groups attached to an aromatic ring is 1. The summed E-state index contributed by atoms with van der Waals surface area (Å²) in [6, 6.07) is 9.32. The molecule has 4 unspecified atom stereocenters. The molecule has 144 valence electrons. The molecule has 0 amide bonds. The number of imidazole rings is 1. The summed E-state index contributed by atoms with van der Waals surface area (Å²) in [7, 11) is 0. The van der Waals surface area contributed by atoms with E-state index in [-0.39, 0.29) is 11.6 Å². The number of nitrogens with two attached hydrogens (primary N) is 1. The Kier molecular flexibility index (Phi) is 3.81. The highest BCUT2D eigenvalue weighted by atomic mass is 16.6. The second-order valence-electron chi connectivity index (χ2n) is 6.63. The first-order valence-electron chi connectivity index (χ1n) is 8.68. The number of rotatable bonds is 3. The van der Waals surface area contributed by atoms with Crippen LogP contribution in [0.15, 0.2) is 41.1 Å². The number of anilines is 1. The highest BCUT2D eigenvalue weighted by Crippen LogP contribution is 2.33. The van der Waals surface area contributed by atoms with Gasteiger partial charge in [0.25, 0.3) is 0 Å². The maximum absolute atomic E-state index is 10.3. The number of benzene rings is 1. The molecule has 5 N–H and O–H groups in total. The molecule has 1 fully saturated rings. The average Bonchev–Trinajstić information content (AvgIpc) is 3.38. The van der Waals surface area contributed by atoms with Gasteiger partial charge in [0.1, 0.15) is 29.4 Å². The molecule has 1 aliphatic rings. The SMILES string of the molecule is Nc1nc(-c2cc3ccccc3o2)nc2c1ncn2C1OC(CO)C(O)C1O. The molecule has 4 heterocycles. The average molecular weight is 383 g/mol. The number of hydrogen-bond donors (Lipinski definition) is 4. The number of aliphatic hydroxyl groups is 3. The molecular formula is C18H17N5O5. The Balaban J connectivity index is 1.63. The summed E-state index contributed by atoms with van der Waals surface area (Å²) in [6.45, 7) is -0.428. The molecule has 4 aromatic rings. The Morgan fingerprint density at radius 2 is 1.96 bits per heavy atom. The van der Waals surface area contributed by atoms with Crippen molar-refractivity contribution in [1.29, 1.82) is 0 Å². The van der Waals surface area contributed by atoms with Gasteiger partial charge in [0, 0.05) is 5.39 Å². The van der Waals surface area contributed by atoms with Crippen LogP contribution in [-0.2, 0) is 4.74 Å². The molecule has 0 aliphatic carbocycles. The van der Waals surface area contributed by atoms with Gasteiger partial charge < -0.3 is 30.2 Å². The van der Waals surface area contributed by atoms with E-state index in [1.807, 2.05) is 30.3 Å². The minimum Gasteiger partial charge on any atom is -0.453 e.